The second kappa shape index (κ2) is 8.62. The maximum absolute atomic E-state index is 12.5. The number of aromatic nitrogens is 5. The molecule has 8 nitrogen and oxygen atoms in total. The number of likely N-dealkylation sites (N-methyl/N-ethyl adjacent to an activating group) is 1. The monoisotopic (exact) mass is 433 g/mol. The van der Waals surface area contributed by atoms with E-state index in [4.69, 9.17) is 0 Å². The molecule has 0 unspecified atom stereocenters. The summed E-state index contributed by atoms with van der Waals surface area (Å²) in [5.74, 6) is -0.197. The minimum atomic E-state index is -0.197. The minimum Gasteiger partial charge on any atom is -0.349 e. The summed E-state index contributed by atoms with van der Waals surface area (Å²) in [6.07, 6.45) is 3.62. The van der Waals surface area contributed by atoms with Gasteiger partial charge < -0.3 is 10.2 Å². The third kappa shape index (κ3) is 4.19. The predicted octanol–water partition coefficient (Wildman–Crippen LogP) is 2.45. The molecule has 0 spiro atoms. The van der Waals surface area contributed by atoms with Crippen LogP contribution in [0.25, 0.3) is 17.0 Å². The maximum atomic E-state index is 12.5. The van der Waals surface area contributed by atoms with E-state index in [0.29, 0.717) is 17.9 Å². The summed E-state index contributed by atoms with van der Waals surface area (Å²) in [4.78, 5) is 19.1. The van der Waals surface area contributed by atoms with Crippen LogP contribution in [-0.2, 0) is 6.54 Å². The Balaban J connectivity index is 1.83. The molecule has 27 heavy (non-hydrogen) atoms. The van der Waals surface area contributed by atoms with Crippen molar-refractivity contribution in [1.29, 1.82) is 0 Å². The SMILES string of the molecule is CCN(CC)CCNC(=O)c1cc2nccc(-c3nn(CC)cc3Br)n2n1. The zero-order valence-electron chi connectivity index (χ0n) is 15.8. The molecule has 9 heteroatoms. The molecule has 0 saturated carbocycles. The molecule has 144 valence electrons. The number of aryl methyl sites for hydroxylation is 1. The van der Waals surface area contributed by atoms with Crippen LogP contribution in [-0.4, -0.2) is 61.4 Å². The van der Waals surface area contributed by atoms with Crippen molar-refractivity contribution in [3.05, 3.63) is 34.7 Å². The Kier molecular flexibility index (Phi) is 6.22. The van der Waals surface area contributed by atoms with E-state index in [1.807, 2.05) is 23.9 Å². The van der Waals surface area contributed by atoms with Gasteiger partial charge in [0, 0.05) is 38.1 Å². The normalized spacial score (nSPS) is 11.4. The standard InChI is InChI=1S/C18H24BrN7O/c1-4-24(5-2)10-9-21-18(27)14-11-16-20-8-7-15(26(16)22-14)17-13(19)12-25(6-3)23-17/h7-8,11-12H,4-6,9-10H2,1-3H3,(H,21,27). The number of amides is 1. The molecular formula is C18H24BrN7O. The van der Waals surface area contributed by atoms with Crippen molar-refractivity contribution in [2.45, 2.75) is 27.3 Å². The van der Waals surface area contributed by atoms with Gasteiger partial charge in [-0.3, -0.25) is 9.48 Å². The number of nitrogens with one attached hydrogen (secondary N) is 1. The molecule has 3 aromatic heterocycles. The molecule has 0 fully saturated rings. The van der Waals surface area contributed by atoms with Crippen LogP contribution in [0.4, 0.5) is 0 Å². The number of carbonyl (C=O) groups is 1. The molecule has 0 aliphatic heterocycles. The first-order valence-electron chi connectivity index (χ1n) is 9.16. The van der Waals surface area contributed by atoms with Crippen molar-refractivity contribution < 1.29 is 4.79 Å². The van der Waals surface area contributed by atoms with Gasteiger partial charge in [0.05, 0.1) is 10.2 Å². The number of carbonyl (C=O) groups excluding carboxylic acids is 1. The summed E-state index contributed by atoms with van der Waals surface area (Å²) in [6.45, 7) is 10.3. The van der Waals surface area contributed by atoms with Crippen LogP contribution >= 0.6 is 15.9 Å². The molecule has 3 heterocycles. The first-order chi connectivity index (χ1) is 13.1. The van der Waals surface area contributed by atoms with E-state index in [0.717, 1.165) is 42.0 Å². The van der Waals surface area contributed by atoms with E-state index < -0.39 is 0 Å². The summed E-state index contributed by atoms with van der Waals surface area (Å²) in [5.41, 5.74) is 2.50. The number of halogens is 1. The minimum absolute atomic E-state index is 0.197. The smallest absolute Gasteiger partial charge is 0.271 e. The molecule has 1 amide bonds. The van der Waals surface area contributed by atoms with Crippen molar-refractivity contribution in [1.82, 2.24) is 34.6 Å². The van der Waals surface area contributed by atoms with Crippen molar-refractivity contribution in [3.8, 4) is 11.4 Å². The molecular weight excluding hydrogens is 410 g/mol. The van der Waals surface area contributed by atoms with Crippen LogP contribution in [0.5, 0.6) is 0 Å². The van der Waals surface area contributed by atoms with Crippen LogP contribution < -0.4 is 5.32 Å². The second-order valence-corrected chi connectivity index (χ2v) is 6.95. The first kappa shape index (κ1) is 19.5. The lowest BCUT2D eigenvalue weighted by molar-refractivity contribution is 0.0943. The Bertz CT molecular complexity index is 929. The van der Waals surface area contributed by atoms with E-state index in [1.54, 1.807) is 16.8 Å². The Labute approximate surface area is 166 Å². The second-order valence-electron chi connectivity index (χ2n) is 6.09. The largest absolute Gasteiger partial charge is 0.349 e. The highest BCUT2D eigenvalue weighted by Gasteiger charge is 2.17. The highest BCUT2D eigenvalue weighted by molar-refractivity contribution is 9.10. The van der Waals surface area contributed by atoms with Gasteiger partial charge in [-0.15, -0.1) is 0 Å². The van der Waals surface area contributed by atoms with Gasteiger partial charge in [0.25, 0.3) is 5.91 Å². The molecule has 0 aliphatic rings. The van der Waals surface area contributed by atoms with Crippen LogP contribution in [0.3, 0.4) is 0 Å². The average Bonchev–Trinajstić information content (AvgIpc) is 3.28. The number of rotatable bonds is 8. The number of fused-ring (bicyclic) bond motifs is 1. The summed E-state index contributed by atoms with van der Waals surface area (Å²) < 4.78 is 4.38. The van der Waals surface area contributed by atoms with Crippen molar-refractivity contribution in [3.63, 3.8) is 0 Å². The van der Waals surface area contributed by atoms with Gasteiger partial charge in [-0.05, 0) is 42.0 Å². The highest BCUT2D eigenvalue weighted by atomic mass is 79.9. The van der Waals surface area contributed by atoms with Crippen LogP contribution in [0, 0.1) is 0 Å². The van der Waals surface area contributed by atoms with Gasteiger partial charge in [0.2, 0.25) is 0 Å². The zero-order valence-corrected chi connectivity index (χ0v) is 17.4. The lowest BCUT2D eigenvalue weighted by Gasteiger charge is -2.17. The fourth-order valence-electron chi connectivity index (χ4n) is 2.88. The van der Waals surface area contributed by atoms with E-state index in [9.17, 15) is 4.79 Å². The Morgan fingerprint density at radius 2 is 2.04 bits per heavy atom. The maximum Gasteiger partial charge on any atom is 0.271 e. The van der Waals surface area contributed by atoms with E-state index >= 15 is 0 Å². The summed E-state index contributed by atoms with van der Waals surface area (Å²) in [7, 11) is 0. The number of hydrogen-bond acceptors (Lipinski definition) is 5. The lowest BCUT2D eigenvalue weighted by atomic mass is 10.3. The summed E-state index contributed by atoms with van der Waals surface area (Å²) in [5, 5.41) is 12.0. The zero-order chi connectivity index (χ0) is 19.4. The van der Waals surface area contributed by atoms with Gasteiger partial charge >= 0.3 is 0 Å². The molecule has 0 atom stereocenters. The summed E-state index contributed by atoms with van der Waals surface area (Å²) in [6, 6.07) is 3.54. The molecule has 0 aromatic carbocycles. The predicted molar refractivity (Wildman–Crippen MR) is 108 cm³/mol. The van der Waals surface area contributed by atoms with Gasteiger partial charge in [0.1, 0.15) is 5.69 Å². The highest BCUT2D eigenvalue weighted by Crippen LogP contribution is 2.26. The van der Waals surface area contributed by atoms with E-state index in [-0.39, 0.29) is 5.91 Å². The topological polar surface area (TPSA) is 80.4 Å². The third-order valence-corrected chi connectivity index (χ3v) is 5.06. The molecule has 0 radical (unpaired) electrons. The van der Waals surface area contributed by atoms with E-state index in [2.05, 4.69) is 55.2 Å². The lowest BCUT2D eigenvalue weighted by Crippen LogP contribution is -2.34. The molecule has 0 aliphatic carbocycles. The Morgan fingerprint density at radius 1 is 1.26 bits per heavy atom. The fraction of sp³-hybridized carbons (Fsp3) is 0.444. The number of nitrogens with zero attached hydrogens (tertiary/aromatic N) is 6. The molecule has 1 N–H and O–H groups in total. The first-order valence-corrected chi connectivity index (χ1v) is 9.95. The molecule has 0 bridgehead atoms. The van der Waals surface area contributed by atoms with Crippen molar-refractivity contribution in [2.24, 2.45) is 0 Å². The average molecular weight is 434 g/mol. The third-order valence-electron chi connectivity index (χ3n) is 4.48. The molecule has 3 aromatic rings. The van der Waals surface area contributed by atoms with Gasteiger partial charge in [-0.1, -0.05) is 13.8 Å². The Morgan fingerprint density at radius 3 is 2.70 bits per heavy atom. The van der Waals surface area contributed by atoms with Crippen molar-refractivity contribution in [2.75, 3.05) is 26.2 Å². The number of hydrogen-bond donors (Lipinski definition) is 1. The molecule has 0 saturated heterocycles. The van der Waals surface area contributed by atoms with Crippen molar-refractivity contribution >= 4 is 27.5 Å². The van der Waals surface area contributed by atoms with Gasteiger partial charge in [-0.25, -0.2) is 9.50 Å². The summed E-state index contributed by atoms with van der Waals surface area (Å²) >= 11 is 3.55. The van der Waals surface area contributed by atoms with Crippen LogP contribution in [0.1, 0.15) is 31.3 Å². The van der Waals surface area contributed by atoms with Crippen LogP contribution in [0.15, 0.2) is 29.0 Å². The van der Waals surface area contributed by atoms with E-state index in [1.165, 1.54) is 0 Å². The van der Waals surface area contributed by atoms with Crippen LogP contribution in [0.2, 0.25) is 0 Å². The van der Waals surface area contributed by atoms with Gasteiger partial charge in [-0.2, -0.15) is 10.2 Å². The fourth-order valence-corrected chi connectivity index (χ4v) is 3.39. The molecule has 3 rings (SSSR count). The van der Waals surface area contributed by atoms with Gasteiger partial charge in [0.15, 0.2) is 11.3 Å². The Hall–Kier alpha value is -2.26. The quantitative estimate of drug-likeness (QED) is 0.589.